The highest BCUT2D eigenvalue weighted by Gasteiger charge is 2.22. The number of benzene rings is 2. The summed E-state index contributed by atoms with van der Waals surface area (Å²) < 4.78 is 7.15. The lowest BCUT2D eigenvalue weighted by Crippen LogP contribution is -2.14. The van der Waals surface area contributed by atoms with Crippen LogP contribution in [0.25, 0.3) is 16.5 Å². The van der Waals surface area contributed by atoms with Crippen LogP contribution in [0.15, 0.2) is 67.5 Å². The zero-order valence-corrected chi connectivity index (χ0v) is 12.3. The fourth-order valence-corrected chi connectivity index (χ4v) is 2.51. The Morgan fingerprint density at radius 2 is 1.95 bits per heavy atom. The highest BCUT2D eigenvalue weighted by molar-refractivity contribution is 5.87. The Balaban J connectivity index is 2.12. The molecule has 0 radical (unpaired) electrons. The number of carbonyl (C=O) groups excluding carboxylic acids is 1. The van der Waals surface area contributed by atoms with Crippen molar-refractivity contribution in [1.29, 1.82) is 0 Å². The van der Waals surface area contributed by atoms with Gasteiger partial charge in [0.15, 0.2) is 6.10 Å². The third-order valence-corrected chi connectivity index (χ3v) is 3.49. The summed E-state index contributed by atoms with van der Waals surface area (Å²) >= 11 is 0. The van der Waals surface area contributed by atoms with Crippen LogP contribution in [0.3, 0.4) is 0 Å². The summed E-state index contributed by atoms with van der Waals surface area (Å²) in [4.78, 5) is 11.5. The molecule has 22 heavy (non-hydrogen) atoms. The number of esters is 1. The van der Waals surface area contributed by atoms with E-state index >= 15 is 0 Å². The molecule has 0 saturated carbocycles. The smallest absolute Gasteiger partial charge is 0.303 e. The lowest BCUT2D eigenvalue weighted by atomic mass is 9.99. The molecule has 4 heteroatoms. The molecule has 1 heterocycles. The molecule has 0 aliphatic heterocycles. The SMILES string of the molecule is C=C([C@H](OC(C)=O)c1cccc2ccccc12)n1cccn1. The minimum atomic E-state index is -0.580. The second-order valence-electron chi connectivity index (χ2n) is 5.00. The molecule has 0 spiro atoms. The summed E-state index contributed by atoms with van der Waals surface area (Å²) in [6.45, 7) is 5.45. The average Bonchev–Trinajstić information content (AvgIpc) is 3.06. The molecular weight excluding hydrogens is 276 g/mol. The average molecular weight is 292 g/mol. The van der Waals surface area contributed by atoms with Crippen molar-refractivity contribution < 1.29 is 9.53 Å². The fraction of sp³-hybridized carbons (Fsp3) is 0.111. The zero-order chi connectivity index (χ0) is 15.5. The molecule has 110 valence electrons. The molecule has 3 rings (SSSR count). The van der Waals surface area contributed by atoms with Crippen molar-refractivity contribution in [2.24, 2.45) is 0 Å². The number of ether oxygens (including phenoxy) is 1. The minimum Gasteiger partial charge on any atom is -0.451 e. The summed E-state index contributed by atoms with van der Waals surface area (Å²) in [6.07, 6.45) is 2.87. The van der Waals surface area contributed by atoms with E-state index in [1.54, 1.807) is 23.1 Å². The highest BCUT2D eigenvalue weighted by atomic mass is 16.5. The molecule has 2 aromatic carbocycles. The van der Waals surface area contributed by atoms with Crippen molar-refractivity contribution in [3.8, 4) is 0 Å². The van der Waals surface area contributed by atoms with E-state index in [0.29, 0.717) is 5.70 Å². The number of nitrogens with zero attached hydrogens (tertiary/aromatic N) is 2. The molecule has 0 amide bonds. The summed E-state index contributed by atoms with van der Waals surface area (Å²) in [5.41, 5.74) is 1.49. The lowest BCUT2D eigenvalue weighted by molar-refractivity contribution is -0.144. The molecule has 3 aromatic rings. The van der Waals surface area contributed by atoms with Gasteiger partial charge in [0, 0.05) is 24.9 Å². The summed E-state index contributed by atoms with van der Waals surface area (Å²) in [5.74, 6) is -0.355. The Hall–Kier alpha value is -2.88. The Morgan fingerprint density at radius 1 is 1.18 bits per heavy atom. The van der Waals surface area contributed by atoms with Crippen molar-refractivity contribution in [3.63, 3.8) is 0 Å². The first kappa shape index (κ1) is 14.1. The monoisotopic (exact) mass is 292 g/mol. The maximum absolute atomic E-state index is 11.5. The summed E-state index contributed by atoms with van der Waals surface area (Å²) in [5, 5.41) is 6.30. The first-order valence-electron chi connectivity index (χ1n) is 7.00. The van der Waals surface area contributed by atoms with Crippen LogP contribution in [-0.2, 0) is 9.53 Å². The Bertz CT molecular complexity index is 817. The standard InChI is InChI=1S/C18H16N2O2/c1-13(20-12-6-11-19-20)18(22-14(2)21)17-10-5-8-15-7-3-4-9-16(15)17/h3-12,18H,1H2,2H3/t18-/m0/s1. The normalized spacial score (nSPS) is 12.0. The molecule has 0 aliphatic carbocycles. The van der Waals surface area contributed by atoms with Crippen molar-refractivity contribution in [1.82, 2.24) is 9.78 Å². The van der Waals surface area contributed by atoms with E-state index in [1.165, 1.54) is 6.92 Å². The van der Waals surface area contributed by atoms with E-state index < -0.39 is 6.10 Å². The Labute approximate surface area is 128 Å². The van der Waals surface area contributed by atoms with Crippen LogP contribution in [0.1, 0.15) is 18.6 Å². The van der Waals surface area contributed by atoms with Crippen molar-refractivity contribution in [3.05, 3.63) is 73.1 Å². The Morgan fingerprint density at radius 3 is 2.68 bits per heavy atom. The van der Waals surface area contributed by atoms with E-state index in [1.807, 2.05) is 42.5 Å². The van der Waals surface area contributed by atoms with Crippen LogP contribution >= 0.6 is 0 Å². The van der Waals surface area contributed by atoms with Gasteiger partial charge in [-0.2, -0.15) is 5.10 Å². The second-order valence-corrected chi connectivity index (χ2v) is 5.00. The number of fused-ring (bicyclic) bond motifs is 1. The van der Waals surface area contributed by atoms with E-state index in [-0.39, 0.29) is 5.97 Å². The van der Waals surface area contributed by atoms with Crippen molar-refractivity contribution in [2.75, 3.05) is 0 Å². The van der Waals surface area contributed by atoms with Crippen LogP contribution in [-0.4, -0.2) is 15.7 Å². The van der Waals surface area contributed by atoms with E-state index in [2.05, 4.69) is 11.7 Å². The van der Waals surface area contributed by atoms with Gasteiger partial charge in [0.2, 0.25) is 0 Å². The fourth-order valence-electron chi connectivity index (χ4n) is 2.51. The number of hydrogen-bond acceptors (Lipinski definition) is 3. The molecular formula is C18H16N2O2. The lowest BCUT2D eigenvalue weighted by Gasteiger charge is -2.21. The maximum atomic E-state index is 11.5. The van der Waals surface area contributed by atoms with Gasteiger partial charge in [0.25, 0.3) is 0 Å². The van der Waals surface area contributed by atoms with E-state index in [4.69, 9.17) is 4.74 Å². The molecule has 1 atom stereocenters. The number of rotatable bonds is 4. The van der Waals surface area contributed by atoms with Gasteiger partial charge in [-0.1, -0.05) is 49.0 Å². The van der Waals surface area contributed by atoms with Crippen LogP contribution in [0.4, 0.5) is 0 Å². The largest absolute Gasteiger partial charge is 0.451 e. The second kappa shape index (κ2) is 5.85. The highest BCUT2D eigenvalue weighted by Crippen LogP contribution is 2.33. The minimum absolute atomic E-state index is 0.355. The van der Waals surface area contributed by atoms with Gasteiger partial charge in [0.1, 0.15) is 0 Å². The molecule has 0 bridgehead atoms. The zero-order valence-electron chi connectivity index (χ0n) is 12.3. The van der Waals surface area contributed by atoms with Crippen molar-refractivity contribution >= 4 is 22.4 Å². The van der Waals surface area contributed by atoms with E-state index in [0.717, 1.165) is 16.3 Å². The molecule has 0 N–H and O–H groups in total. The first-order chi connectivity index (χ1) is 10.7. The predicted molar refractivity (Wildman–Crippen MR) is 86.0 cm³/mol. The van der Waals surface area contributed by atoms with Crippen LogP contribution < -0.4 is 0 Å². The van der Waals surface area contributed by atoms with Gasteiger partial charge in [-0.05, 0) is 16.8 Å². The number of carbonyl (C=O) groups is 1. The van der Waals surface area contributed by atoms with Gasteiger partial charge in [-0.3, -0.25) is 4.79 Å². The van der Waals surface area contributed by atoms with Crippen LogP contribution in [0.2, 0.25) is 0 Å². The van der Waals surface area contributed by atoms with Gasteiger partial charge < -0.3 is 4.74 Å². The van der Waals surface area contributed by atoms with E-state index in [9.17, 15) is 4.79 Å². The third kappa shape index (κ3) is 2.63. The Kier molecular flexibility index (Phi) is 3.74. The van der Waals surface area contributed by atoms with Gasteiger partial charge in [-0.15, -0.1) is 0 Å². The molecule has 1 aromatic heterocycles. The topological polar surface area (TPSA) is 44.1 Å². The van der Waals surface area contributed by atoms with Gasteiger partial charge in [0.05, 0.1) is 5.70 Å². The molecule has 4 nitrogen and oxygen atoms in total. The molecule has 0 saturated heterocycles. The summed E-state index contributed by atoms with van der Waals surface area (Å²) in [6, 6.07) is 15.7. The maximum Gasteiger partial charge on any atom is 0.303 e. The van der Waals surface area contributed by atoms with Crippen LogP contribution in [0, 0.1) is 0 Å². The number of hydrogen-bond donors (Lipinski definition) is 0. The third-order valence-electron chi connectivity index (χ3n) is 3.49. The quantitative estimate of drug-likeness (QED) is 0.687. The first-order valence-corrected chi connectivity index (χ1v) is 7.00. The molecule has 0 unspecified atom stereocenters. The van der Waals surface area contributed by atoms with Gasteiger partial charge in [-0.25, -0.2) is 4.68 Å². The molecule has 0 fully saturated rings. The summed E-state index contributed by atoms with van der Waals surface area (Å²) in [7, 11) is 0. The molecule has 0 aliphatic rings. The van der Waals surface area contributed by atoms with Gasteiger partial charge >= 0.3 is 5.97 Å². The predicted octanol–water partition coefficient (Wildman–Crippen LogP) is 3.81. The van der Waals surface area contributed by atoms with Crippen LogP contribution in [0.5, 0.6) is 0 Å². The van der Waals surface area contributed by atoms with Crippen molar-refractivity contribution in [2.45, 2.75) is 13.0 Å². The number of aromatic nitrogens is 2.